The number of nitrogens with one attached hydrogen (secondary N) is 1. The number of fused-ring (bicyclic) bond motifs is 1. The van der Waals surface area contributed by atoms with Gasteiger partial charge in [0, 0.05) is 24.4 Å². The molecule has 0 radical (unpaired) electrons. The Bertz CT molecular complexity index is 1550. The molecule has 0 saturated heterocycles. The third kappa shape index (κ3) is 4.78. The number of imidazole rings is 1. The smallest absolute Gasteiger partial charge is 0.416 e. The van der Waals surface area contributed by atoms with E-state index >= 15 is 0 Å². The minimum absolute atomic E-state index is 0.0967. The van der Waals surface area contributed by atoms with E-state index in [9.17, 15) is 22.4 Å². The first-order valence-corrected chi connectivity index (χ1v) is 10.7. The van der Waals surface area contributed by atoms with E-state index in [0.29, 0.717) is 28.8 Å². The van der Waals surface area contributed by atoms with E-state index in [1.54, 1.807) is 30.3 Å². The molecule has 0 fully saturated rings. The molecule has 0 spiro atoms. The van der Waals surface area contributed by atoms with Crippen LogP contribution in [0.15, 0.2) is 73.1 Å². The minimum atomic E-state index is -4.49. The Hall–Kier alpha value is -4.60. The van der Waals surface area contributed by atoms with Crippen LogP contribution < -0.4 is 4.74 Å². The average Bonchev–Trinajstić information content (AvgIpc) is 3.28. The Kier molecular flexibility index (Phi) is 5.93. The largest absolute Gasteiger partial charge is 0.424 e. The van der Waals surface area contributed by atoms with Gasteiger partial charge in [0.05, 0.1) is 22.2 Å². The number of rotatable bonds is 6. The standard InChI is InChI=1S/C26H16F4N4O2/c27-21-11-16(17-13-31-25(32-14-17)36-19-5-1-15(2-6-19)9-10-35)3-7-20(21)24-33-22-8-4-18(26(28,29)30)12-23(22)34-24/h1-8,10-14H,9H2,(H,33,34). The molecule has 1 N–H and O–H groups in total. The third-order valence-electron chi connectivity index (χ3n) is 5.45. The van der Waals surface area contributed by atoms with E-state index in [-0.39, 0.29) is 22.9 Å². The van der Waals surface area contributed by atoms with Crippen molar-refractivity contribution in [2.75, 3.05) is 0 Å². The molecule has 0 unspecified atom stereocenters. The fraction of sp³-hybridized carbons (Fsp3) is 0.0769. The molecule has 6 nitrogen and oxygen atoms in total. The number of aromatic nitrogens is 4. The van der Waals surface area contributed by atoms with Crippen LogP contribution in [0.2, 0.25) is 0 Å². The van der Waals surface area contributed by atoms with Crippen LogP contribution in [-0.2, 0) is 17.4 Å². The number of hydrogen-bond donors (Lipinski definition) is 1. The summed E-state index contributed by atoms with van der Waals surface area (Å²) in [7, 11) is 0. The van der Waals surface area contributed by atoms with Gasteiger partial charge in [-0.05, 0) is 53.6 Å². The summed E-state index contributed by atoms with van der Waals surface area (Å²) in [5, 5.41) is 0. The van der Waals surface area contributed by atoms with Crippen molar-refractivity contribution < 1.29 is 27.1 Å². The highest BCUT2D eigenvalue weighted by atomic mass is 19.4. The van der Waals surface area contributed by atoms with Crippen LogP contribution in [0.3, 0.4) is 0 Å². The summed E-state index contributed by atoms with van der Waals surface area (Å²) in [6.07, 6.45) is -0.390. The maximum Gasteiger partial charge on any atom is 0.416 e. The number of carbonyl (C=O) groups excluding carboxylic acids is 1. The summed E-state index contributed by atoms with van der Waals surface area (Å²) in [6, 6.07) is 14.5. The van der Waals surface area contributed by atoms with E-state index in [0.717, 1.165) is 24.0 Å². The second-order valence-electron chi connectivity index (χ2n) is 7.88. The zero-order chi connectivity index (χ0) is 25.3. The van der Waals surface area contributed by atoms with Crippen molar-refractivity contribution in [1.82, 2.24) is 19.9 Å². The van der Waals surface area contributed by atoms with Crippen LogP contribution in [-0.4, -0.2) is 26.2 Å². The van der Waals surface area contributed by atoms with Gasteiger partial charge in [0.25, 0.3) is 0 Å². The van der Waals surface area contributed by atoms with E-state index < -0.39 is 17.6 Å². The maximum absolute atomic E-state index is 14.9. The Morgan fingerprint density at radius 3 is 2.33 bits per heavy atom. The van der Waals surface area contributed by atoms with Crippen molar-refractivity contribution >= 4 is 17.3 Å². The van der Waals surface area contributed by atoms with Gasteiger partial charge < -0.3 is 14.5 Å². The van der Waals surface area contributed by atoms with Crippen LogP contribution >= 0.6 is 0 Å². The quantitative estimate of drug-likeness (QED) is 0.220. The van der Waals surface area contributed by atoms with Crippen molar-refractivity contribution in [3.63, 3.8) is 0 Å². The van der Waals surface area contributed by atoms with Gasteiger partial charge in [0.2, 0.25) is 0 Å². The molecule has 5 rings (SSSR count). The number of aromatic amines is 1. The SMILES string of the molecule is O=CCc1ccc(Oc2ncc(-c3ccc(-c4nc5ccc(C(F)(F)F)cc5[nH]4)c(F)c3)cn2)cc1. The Balaban J connectivity index is 1.35. The molecule has 0 aliphatic rings. The first-order valence-electron chi connectivity index (χ1n) is 10.7. The lowest BCUT2D eigenvalue weighted by Gasteiger charge is -2.07. The highest BCUT2D eigenvalue weighted by molar-refractivity contribution is 5.80. The number of halogens is 4. The first-order chi connectivity index (χ1) is 17.3. The molecule has 2 heterocycles. The Morgan fingerprint density at radius 1 is 0.917 bits per heavy atom. The molecule has 180 valence electrons. The van der Waals surface area contributed by atoms with E-state index in [4.69, 9.17) is 4.74 Å². The number of aldehydes is 1. The minimum Gasteiger partial charge on any atom is -0.424 e. The second-order valence-corrected chi connectivity index (χ2v) is 7.88. The van der Waals surface area contributed by atoms with Crippen LogP contribution in [0.25, 0.3) is 33.5 Å². The lowest BCUT2D eigenvalue weighted by atomic mass is 10.1. The van der Waals surface area contributed by atoms with Crippen molar-refractivity contribution in [2.45, 2.75) is 12.6 Å². The number of nitrogens with zero attached hydrogens (tertiary/aromatic N) is 3. The van der Waals surface area contributed by atoms with Gasteiger partial charge >= 0.3 is 12.2 Å². The van der Waals surface area contributed by atoms with Crippen LogP contribution in [0.1, 0.15) is 11.1 Å². The van der Waals surface area contributed by atoms with Gasteiger partial charge in [-0.3, -0.25) is 0 Å². The molecule has 3 aromatic carbocycles. The topological polar surface area (TPSA) is 80.8 Å². The molecule has 0 aliphatic carbocycles. The number of ether oxygens (including phenoxy) is 1. The average molecular weight is 492 g/mol. The molecule has 0 aliphatic heterocycles. The lowest BCUT2D eigenvalue weighted by molar-refractivity contribution is -0.137. The summed E-state index contributed by atoms with van der Waals surface area (Å²) in [4.78, 5) is 25.9. The van der Waals surface area contributed by atoms with Crippen molar-refractivity contribution in [2.24, 2.45) is 0 Å². The molecule has 0 saturated carbocycles. The second kappa shape index (κ2) is 9.21. The van der Waals surface area contributed by atoms with E-state index in [2.05, 4.69) is 19.9 Å². The molecule has 0 amide bonds. The highest BCUT2D eigenvalue weighted by Gasteiger charge is 2.30. The normalized spacial score (nSPS) is 11.6. The van der Waals surface area contributed by atoms with Crippen LogP contribution in [0.4, 0.5) is 17.6 Å². The third-order valence-corrected chi connectivity index (χ3v) is 5.45. The molecular weight excluding hydrogens is 476 g/mol. The molecule has 5 aromatic rings. The fourth-order valence-electron chi connectivity index (χ4n) is 3.61. The summed E-state index contributed by atoms with van der Waals surface area (Å²) < 4.78 is 59.4. The highest BCUT2D eigenvalue weighted by Crippen LogP contribution is 2.33. The predicted molar refractivity (Wildman–Crippen MR) is 124 cm³/mol. The number of carbonyl (C=O) groups is 1. The first kappa shape index (κ1) is 23.2. The van der Waals surface area contributed by atoms with Gasteiger partial charge in [-0.15, -0.1) is 0 Å². The predicted octanol–water partition coefficient (Wildman–Crippen LogP) is 6.38. The fourth-order valence-corrected chi connectivity index (χ4v) is 3.61. The molecule has 2 aromatic heterocycles. The Morgan fingerprint density at radius 2 is 1.67 bits per heavy atom. The van der Waals surface area contributed by atoms with Crippen molar-refractivity contribution in [3.8, 4) is 34.3 Å². The molecule has 0 atom stereocenters. The molecular formula is C26H16F4N4O2. The van der Waals surface area contributed by atoms with Gasteiger partial charge in [0.15, 0.2) is 0 Å². The summed E-state index contributed by atoms with van der Waals surface area (Å²) in [5.41, 5.74) is 1.64. The maximum atomic E-state index is 14.9. The zero-order valence-electron chi connectivity index (χ0n) is 18.4. The van der Waals surface area contributed by atoms with Gasteiger partial charge in [-0.2, -0.15) is 13.2 Å². The summed E-state index contributed by atoms with van der Waals surface area (Å²) >= 11 is 0. The summed E-state index contributed by atoms with van der Waals surface area (Å²) in [6.45, 7) is 0. The number of alkyl halides is 3. The number of hydrogen-bond acceptors (Lipinski definition) is 5. The number of H-pyrrole nitrogens is 1. The number of benzene rings is 3. The Labute approximate surface area is 201 Å². The van der Waals surface area contributed by atoms with Crippen LogP contribution in [0, 0.1) is 5.82 Å². The molecule has 10 heteroatoms. The van der Waals surface area contributed by atoms with Crippen molar-refractivity contribution in [3.05, 3.63) is 90.0 Å². The molecule has 36 heavy (non-hydrogen) atoms. The van der Waals surface area contributed by atoms with Gasteiger partial charge in [-0.1, -0.05) is 18.2 Å². The lowest BCUT2D eigenvalue weighted by Crippen LogP contribution is -2.04. The summed E-state index contributed by atoms with van der Waals surface area (Å²) in [5.74, 6) is 0.00635. The van der Waals surface area contributed by atoms with Gasteiger partial charge in [-0.25, -0.2) is 19.3 Å². The van der Waals surface area contributed by atoms with Crippen LogP contribution in [0.5, 0.6) is 11.8 Å². The van der Waals surface area contributed by atoms with E-state index in [1.807, 2.05) is 0 Å². The zero-order valence-corrected chi connectivity index (χ0v) is 18.4. The van der Waals surface area contributed by atoms with Crippen molar-refractivity contribution in [1.29, 1.82) is 0 Å². The molecule has 0 bridgehead atoms. The monoisotopic (exact) mass is 492 g/mol. The van der Waals surface area contributed by atoms with Gasteiger partial charge in [0.1, 0.15) is 23.7 Å². The van der Waals surface area contributed by atoms with E-state index in [1.165, 1.54) is 30.6 Å².